The molecule has 0 atom stereocenters. The maximum atomic E-state index is 4.36. The van der Waals surface area contributed by atoms with Crippen LogP contribution in [0, 0.1) is 121 Å². The zero-order valence-corrected chi connectivity index (χ0v) is 64.4. The second-order valence-corrected chi connectivity index (χ2v) is 10.9. The summed E-state index contributed by atoms with van der Waals surface area (Å²) in [4.78, 5) is 8.71. The molecule has 0 spiro atoms. The monoisotopic (exact) mass is 1490 g/mol. The van der Waals surface area contributed by atoms with E-state index in [1.54, 1.807) is 26.5 Å². The van der Waals surface area contributed by atoms with Gasteiger partial charge in [-0.3, -0.25) is 9.97 Å². The third-order valence-corrected chi connectivity index (χ3v) is 5.65. The normalized spacial score (nSPS) is 9.50. The van der Waals surface area contributed by atoms with Gasteiger partial charge in [-0.05, 0) is 38.4 Å². The van der Waals surface area contributed by atoms with E-state index in [9.17, 15) is 0 Å². The van der Waals surface area contributed by atoms with Gasteiger partial charge in [-0.25, -0.2) is 0 Å². The summed E-state index contributed by atoms with van der Waals surface area (Å²) in [5, 5.41) is 22.4. The Kier molecular flexibility index (Phi) is 261. The van der Waals surface area contributed by atoms with E-state index in [2.05, 4.69) is 69.6 Å². The molecular weight excluding hydrogens is 1360 g/mol. The van der Waals surface area contributed by atoms with Gasteiger partial charge in [-0.2, -0.15) is 75.7 Å². The fourth-order valence-corrected chi connectivity index (χ4v) is 3.58. The van der Waals surface area contributed by atoms with Crippen molar-refractivity contribution in [1.29, 1.82) is 0 Å². The smallest absolute Gasteiger partial charge is 0.694 e. The van der Waals surface area contributed by atoms with Crippen LogP contribution < -0.4 is 10.6 Å². The molecular formula is C63H123N8Ru4Y+. The molecule has 449 valence electrons. The van der Waals surface area contributed by atoms with Crippen LogP contribution in [0.2, 0.25) is 0 Å². The van der Waals surface area contributed by atoms with E-state index in [1.807, 2.05) is 203 Å². The SMILES string of the molecule is CC.CC.CC.CC.C[CH+]C.C[CH-]C.C[CH-]C.[CH2-]CC1=CC=CC(=C[N-]C)[N-]1.[CH2-]CC1=CC=CC(=C[N-]C)[N-]1.[CH2-]Cc1cccc(CNC)n1.[CH2-]Cc1cccc(CNC)n1.[CH3-].[CH3-].[CH3-].[CH3-].[CH3-].[CH3-].[CH3-].[CH3-].[CH3-].[CH3-].[Ru+4].[Ru+5].[Ru+5].[Ru+6].[Y]. The van der Waals surface area contributed by atoms with Gasteiger partial charge in [0.25, 0.3) is 0 Å². The van der Waals surface area contributed by atoms with E-state index in [1.165, 1.54) is 0 Å². The average Bonchev–Trinajstić information content (AvgIpc) is 3.31. The molecule has 76 heavy (non-hydrogen) atoms. The molecule has 0 amide bonds. The first-order valence-corrected chi connectivity index (χ1v) is 22.0. The van der Waals surface area contributed by atoms with Crippen LogP contribution >= 0.6 is 0 Å². The average molecular weight is 1490 g/mol. The van der Waals surface area contributed by atoms with Crippen LogP contribution in [-0.4, -0.2) is 38.2 Å². The molecule has 4 heterocycles. The molecule has 2 aliphatic rings. The van der Waals surface area contributed by atoms with Crippen LogP contribution in [0.15, 0.2) is 108 Å². The van der Waals surface area contributed by atoms with Crippen molar-refractivity contribution in [3.8, 4) is 0 Å². The van der Waals surface area contributed by atoms with Crippen LogP contribution in [0.5, 0.6) is 0 Å². The van der Waals surface area contributed by atoms with Crippen molar-refractivity contribution >= 4 is 0 Å². The van der Waals surface area contributed by atoms with Crippen molar-refractivity contribution in [2.45, 2.75) is 136 Å². The standard InChI is InChI=1S/2C9H13N2.2C9H11N2.3C3H7.4C2H6.10CH3.4Ru.Y/c4*1-3-8-5-4-6-9(11-8)7-10-2;3*1-3-2;4*1-2;;;;;;;;;;;;;;;/h2*4-6,10H,1,3,7H2,2H3;2*4-7H,1,3H2,2H3;3*3H,1-2H3;4*1-2H3;10*1H3;;;;;/q2*-1;2*-3;2*-1;+1;;;;;10*-1;+4;2*+5;+6;. The first-order chi connectivity index (χ1) is 29.7. The first-order valence-electron chi connectivity index (χ1n) is 22.0. The third-order valence-electron chi connectivity index (χ3n) is 5.65. The topological polar surface area (TPSA) is 106 Å². The zero-order valence-electron chi connectivity index (χ0n) is 54.6. The molecule has 2 aliphatic heterocycles. The maximum Gasteiger partial charge on any atom is 6.00 e. The molecule has 8 nitrogen and oxygen atoms in total. The number of rotatable bonds is 10. The Hall–Kier alpha value is -0.673. The van der Waals surface area contributed by atoms with Crippen molar-refractivity contribution < 1.29 is 111 Å². The van der Waals surface area contributed by atoms with E-state index >= 15 is 0 Å². The van der Waals surface area contributed by atoms with Crippen LogP contribution in [0.25, 0.3) is 21.3 Å². The first kappa shape index (κ1) is 146. The van der Waals surface area contributed by atoms with Crippen molar-refractivity contribution in [1.82, 2.24) is 20.6 Å². The Labute approximate surface area is 562 Å². The molecule has 2 N–H and O–H groups in total. The zero-order chi connectivity index (χ0) is 48.5. The van der Waals surface area contributed by atoms with E-state index in [4.69, 9.17) is 0 Å². The molecule has 0 saturated carbocycles. The number of pyridine rings is 2. The molecule has 0 fully saturated rings. The Morgan fingerprint density at radius 1 is 0.526 bits per heavy atom. The minimum atomic E-state index is 0. The van der Waals surface area contributed by atoms with Crippen LogP contribution in [0.3, 0.4) is 0 Å². The third kappa shape index (κ3) is 109. The van der Waals surface area contributed by atoms with E-state index in [0.29, 0.717) is 0 Å². The molecule has 2 aromatic heterocycles. The van der Waals surface area contributed by atoms with Crippen molar-refractivity contribution in [3.63, 3.8) is 0 Å². The van der Waals surface area contributed by atoms with E-state index < -0.39 is 0 Å². The molecule has 0 bridgehead atoms. The predicted molar refractivity (Wildman–Crippen MR) is 344 cm³/mol. The van der Waals surface area contributed by atoms with Crippen molar-refractivity contribution in [2.24, 2.45) is 0 Å². The fraction of sp³-hybridized carbons (Fsp3) is 0.381. The summed E-state index contributed by atoms with van der Waals surface area (Å²) in [7, 11) is 7.30. The van der Waals surface area contributed by atoms with Gasteiger partial charge in [0, 0.05) is 57.2 Å². The Balaban J connectivity index is -0.0000000220. The van der Waals surface area contributed by atoms with Gasteiger partial charge in [0.15, 0.2) is 0 Å². The number of hydrogen-bond donors (Lipinski definition) is 2. The molecule has 0 aromatic carbocycles. The van der Waals surface area contributed by atoms with E-state index in [-0.39, 0.29) is 185 Å². The number of allylic oxidation sites excluding steroid dienone is 8. The second kappa shape index (κ2) is 135. The molecule has 3 radical (unpaired) electrons. The maximum absolute atomic E-state index is 4.36. The Morgan fingerprint density at radius 2 is 0.750 bits per heavy atom. The van der Waals surface area contributed by atoms with Crippen LogP contribution in [-0.2, 0) is 137 Å². The van der Waals surface area contributed by atoms with Gasteiger partial charge >= 0.3 is 77.9 Å². The fourth-order valence-electron chi connectivity index (χ4n) is 3.58. The molecule has 0 saturated heterocycles. The summed E-state index contributed by atoms with van der Waals surface area (Å²) in [5.74, 6) is 0. The number of aromatic nitrogens is 2. The minimum absolute atomic E-state index is 0. The number of nitrogens with one attached hydrogen (secondary N) is 2. The summed E-state index contributed by atoms with van der Waals surface area (Å²) < 4.78 is 0. The van der Waals surface area contributed by atoms with Gasteiger partial charge in [0.1, 0.15) is 0 Å². The van der Waals surface area contributed by atoms with Gasteiger partial charge in [0.05, 0.1) is 31.7 Å². The number of hydrogen-bond acceptors (Lipinski definition) is 4. The largest absolute Gasteiger partial charge is 6.00 e. The predicted octanol–water partition coefficient (Wildman–Crippen LogP) is 20.4. The summed E-state index contributed by atoms with van der Waals surface area (Å²) >= 11 is 0. The summed E-state index contributed by atoms with van der Waals surface area (Å²) in [5.41, 5.74) is 8.06. The van der Waals surface area contributed by atoms with Gasteiger partial charge in [-0.1, -0.05) is 104 Å². The van der Waals surface area contributed by atoms with Crippen molar-refractivity contribution in [3.05, 3.63) is 273 Å². The Bertz CT molecular complexity index is 1240. The van der Waals surface area contributed by atoms with Crippen LogP contribution in [0.1, 0.15) is 133 Å². The summed E-state index contributed by atoms with van der Waals surface area (Å²) in [6.45, 7) is 44.7. The van der Waals surface area contributed by atoms with Crippen molar-refractivity contribution in [2.75, 3.05) is 28.2 Å². The molecule has 4 rings (SSSR count). The molecule has 13 heteroatoms. The molecule has 0 aliphatic carbocycles. The van der Waals surface area contributed by atoms with E-state index in [0.717, 1.165) is 84.3 Å². The van der Waals surface area contributed by atoms with Gasteiger partial charge in [-0.15, -0.1) is 26.9 Å². The minimum Gasteiger partial charge on any atom is -0.694 e. The summed E-state index contributed by atoms with van der Waals surface area (Å²) in [6, 6.07) is 12.0. The van der Waals surface area contributed by atoms with Crippen LogP contribution in [0.4, 0.5) is 0 Å². The van der Waals surface area contributed by atoms with Gasteiger partial charge < -0.3 is 147 Å². The molecule has 0 unspecified atom stereocenters. The number of nitrogens with zero attached hydrogens (tertiary/aromatic N) is 6. The second-order valence-electron chi connectivity index (χ2n) is 10.9. The Morgan fingerprint density at radius 3 is 0.934 bits per heavy atom. The van der Waals surface area contributed by atoms with Gasteiger partial charge in [0.2, 0.25) is 0 Å². The quantitative estimate of drug-likeness (QED) is 0.183. The summed E-state index contributed by atoms with van der Waals surface area (Å²) in [6.07, 6.45) is 24.1. The molecule has 2 aromatic rings.